The van der Waals surface area contributed by atoms with Crippen molar-refractivity contribution in [3.63, 3.8) is 0 Å². The van der Waals surface area contributed by atoms with Crippen molar-refractivity contribution in [1.82, 2.24) is 10.2 Å². The largest absolute Gasteiger partial charge is 0.152 e. The van der Waals surface area contributed by atoms with E-state index in [-0.39, 0.29) is 0 Å². The van der Waals surface area contributed by atoms with Gasteiger partial charge in [-0.1, -0.05) is 12.1 Å². The van der Waals surface area contributed by atoms with Gasteiger partial charge in [-0.3, -0.25) is 0 Å². The van der Waals surface area contributed by atoms with Crippen LogP contribution >= 0.6 is 22.7 Å². The van der Waals surface area contributed by atoms with E-state index in [1.807, 2.05) is 29.8 Å². The first-order valence-electron chi connectivity index (χ1n) is 3.09. The summed E-state index contributed by atoms with van der Waals surface area (Å²) in [4.78, 5) is 0. The van der Waals surface area contributed by atoms with Crippen LogP contribution in [0.25, 0.3) is 0 Å². The molecule has 2 heterocycles. The Bertz CT molecular complexity index is 233. The fourth-order valence-electron chi connectivity index (χ4n) is 0.455. The number of thiophene rings is 1. The van der Waals surface area contributed by atoms with Gasteiger partial charge < -0.3 is 0 Å². The minimum absolute atomic E-state index is 1.02. The summed E-state index contributed by atoms with van der Waals surface area (Å²) in [6.07, 6.45) is 0. The zero-order valence-electron chi connectivity index (χ0n) is 6.10. The average Bonchev–Trinajstić information content (AvgIpc) is 2.57. The third kappa shape index (κ3) is 3.85. The molecule has 0 aliphatic heterocycles. The lowest BCUT2D eigenvalue weighted by Gasteiger charge is -1.61. The van der Waals surface area contributed by atoms with E-state index in [4.69, 9.17) is 0 Å². The van der Waals surface area contributed by atoms with Gasteiger partial charge in [0.2, 0.25) is 0 Å². The molecule has 0 bridgehead atoms. The highest BCUT2D eigenvalue weighted by Crippen LogP contribution is 1.94. The lowest BCUT2D eigenvalue weighted by atomic mass is 10.7. The quantitative estimate of drug-likeness (QED) is 0.629. The molecule has 0 aliphatic carbocycles. The minimum atomic E-state index is 1.02. The average molecular weight is 184 g/mol. The van der Waals surface area contributed by atoms with Crippen molar-refractivity contribution in [2.24, 2.45) is 0 Å². The van der Waals surface area contributed by atoms with E-state index in [1.165, 1.54) is 0 Å². The minimum Gasteiger partial charge on any atom is -0.152 e. The topological polar surface area (TPSA) is 25.8 Å². The van der Waals surface area contributed by atoms with Gasteiger partial charge in [-0.05, 0) is 17.7 Å². The maximum absolute atomic E-state index is 3.69. The Morgan fingerprint density at radius 3 is 2.18 bits per heavy atom. The molecule has 2 nitrogen and oxygen atoms in total. The summed E-state index contributed by atoms with van der Waals surface area (Å²) in [7, 11) is 0. The van der Waals surface area contributed by atoms with Crippen LogP contribution in [0.15, 0.2) is 28.4 Å². The van der Waals surface area contributed by atoms with Crippen LogP contribution in [0.3, 0.4) is 0 Å². The molecule has 0 aromatic carbocycles. The van der Waals surface area contributed by atoms with Crippen molar-refractivity contribution in [3.05, 3.63) is 33.4 Å². The summed E-state index contributed by atoms with van der Waals surface area (Å²) in [5.74, 6) is 0. The fourth-order valence-corrected chi connectivity index (χ4v) is 1.25. The van der Waals surface area contributed by atoms with Gasteiger partial charge in [-0.15, -0.1) is 21.5 Å². The fraction of sp³-hybridized carbons (Fsp3) is 0.143. The van der Waals surface area contributed by atoms with Crippen molar-refractivity contribution in [2.45, 2.75) is 6.92 Å². The molecular weight excluding hydrogens is 176 g/mol. The molecule has 0 atom stereocenters. The lowest BCUT2D eigenvalue weighted by molar-refractivity contribution is 1.05. The van der Waals surface area contributed by atoms with Gasteiger partial charge in [0, 0.05) is 0 Å². The van der Waals surface area contributed by atoms with E-state index in [2.05, 4.69) is 10.2 Å². The van der Waals surface area contributed by atoms with E-state index in [9.17, 15) is 0 Å². The summed E-state index contributed by atoms with van der Waals surface area (Å²) >= 11 is 3.27. The number of aromatic nitrogens is 2. The van der Waals surface area contributed by atoms with Gasteiger partial charge >= 0.3 is 0 Å². The maximum atomic E-state index is 3.69. The van der Waals surface area contributed by atoms with E-state index >= 15 is 0 Å². The summed E-state index contributed by atoms with van der Waals surface area (Å²) in [6.45, 7) is 1.93. The van der Waals surface area contributed by atoms with Crippen LogP contribution in [0.1, 0.15) is 5.01 Å². The Hall–Kier alpha value is -0.740. The van der Waals surface area contributed by atoms with Gasteiger partial charge in [0.25, 0.3) is 0 Å². The lowest BCUT2D eigenvalue weighted by Crippen LogP contribution is -1.64. The molecule has 11 heavy (non-hydrogen) atoms. The molecule has 0 aliphatic rings. The molecule has 0 saturated carbocycles. The van der Waals surface area contributed by atoms with E-state index < -0.39 is 0 Å². The molecule has 2 rings (SSSR count). The van der Waals surface area contributed by atoms with Crippen LogP contribution in [0, 0.1) is 6.92 Å². The van der Waals surface area contributed by atoms with Gasteiger partial charge in [0.05, 0.1) is 0 Å². The highest BCUT2D eigenvalue weighted by molar-refractivity contribution is 7.09. The molecule has 0 radical (unpaired) electrons. The zero-order chi connectivity index (χ0) is 7.94. The molecule has 0 fully saturated rings. The normalized spacial score (nSPS) is 8.45. The van der Waals surface area contributed by atoms with Crippen molar-refractivity contribution in [1.29, 1.82) is 0 Å². The SMILES string of the molecule is Cc1nncs1.c1ccsc1. The van der Waals surface area contributed by atoms with Crippen LogP contribution in [-0.4, -0.2) is 10.2 Å². The molecule has 0 N–H and O–H groups in total. The van der Waals surface area contributed by atoms with Gasteiger partial charge in [-0.25, -0.2) is 0 Å². The summed E-state index contributed by atoms with van der Waals surface area (Å²) in [5.41, 5.74) is 1.72. The van der Waals surface area contributed by atoms with Gasteiger partial charge in [-0.2, -0.15) is 11.3 Å². The Kier molecular flexibility index (Phi) is 3.79. The third-order valence-corrected chi connectivity index (χ3v) is 2.15. The van der Waals surface area contributed by atoms with Gasteiger partial charge in [0.15, 0.2) is 0 Å². The number of hydrogen-bond acceptors (Lipinski definition) is 4. The van der Waals surface area contributed by atoms with Crippen molar-refractivity contribution < 1.29 is 0 Å². The summed E-state index contributed by atoms with van der Waals surface area (Å²) in [5, 5.41) is 12.4. The predicted molar refractivity (Wildman–Crippen MR) is 49.0 cm³/mol. The summed E-state index contributed by atoms with van der Waals surface area (Å²) < 4.78 is 0. The number of rotatable bonds is 0. The predicted octanol–water partition coefficient (Wildman–Crippen LogP) is 2.59. The number of nitrogens with zero attached hydrogens (tertiary/aromatic N) is 2. The molecule has 58 valence electrons. The van der Waals surface area contributed by atoms with Crippen LogP contribution in [-0.2, 0) is 0 Å². The number of hydrogen-bond donors (Lipinski definition) is 0. The smallest absolute Gasteiger partial charge is 0.114 e. The van der Waals surface area contributed by atoms with E-state index in [0.29, 0.717) is 0 Å². The Balaban J connectivity index is 0.000000112. The second-order valence-electron chi connectivity index (χ2n) is 1.75. The van der Waals surface area contributed by atoms with Crippen molar-refractivity contribution in [3.8, 4) is 0 Å². The second kappa shape index (κ2) is 4.98. The highest BCUT2D eigenvalue weighted by Gasteiger charge is 1.78. The van der Waals surface area contributed by atoms with Gasteiger partial charge in [0.1, 0.15) is 10.5 Å². The highest BCUT2D eigenvalue weighted by atomic mass is 32.1. The molecular formula is C7H8N2S2. The van der Waals surface area contributed by atoms with Crippen LogP contribution in [0.5, 0.6) is 0 Å². The van der Waals surface area contributed by atoms with Crippen LogP contribution < -0.4 is 0 Å². The van der Waals surface area contributed by atoms with E-state index in [1.54, 1.807) is 28.2 Å². The summed E-state index contributed by atoms with van der Waals surface area (Å²) in [6, 6.07) is 4.04. The Morgan fingerprint density at radius 2 is 2.00 bits per heavy atom. The van der Waals surface area contributed by atoms with E-state index in [0.717, 1.165) is 5.01 Å². The zero-order valence-corrected chi connectivity index (χ0v) is 7.73. The first kappa shape index (κ1) is 8.36. The monoisotopic (exact) mass is 184 g/mol. The van der Waals surface area contributed by atoms with Crippen LogP contribution in [0.4, 0.5) is 0 Å². The molecule has 4 heteroatoms. The third-order valence-electron chi connectivity index (χ3n) is 0.894. The van der Waals surface area contributed by atoms with Crippen molar-refractivity contribution >= 4 is 22.7 Å². The molecule has 0 amide bonds. The first-order valence-corrected chi connectivity index (χ1v) is 4.92. The standard InChI is InChI=1S/C4H4S.C3H4N2S/c1-2-4-5-3-1;1-3-5-4-2-6-3/h1-4H;2H,1H3. The molecule has 0 unspecified atom stereocenters. The maximum Gasteiger partial charge on any atom is 0.114 e. The molecule has 0 spiro atoms. The van der Waals surface area contributed by atoms with Crippen LogP contribution in [0.2, 0.25) is 0 Å². The first-order chi connectivity index (χ1) is 5.39. The second-order valence-corrected chi connectivity index (χ2v) is 3.60. The Labute approximate surface area is 73.5 Å². The molecule has 2 aromatic rings. The molecule has 2 aromatic heterocycles. The van der Waals surface area contributed by atoms with Crippen molar-refractivity contribution in [2.75, 3.05) is 0 Å². The number of aryl methyl sites for hydroxylation is 1. The molecule has 0 saturated heterocycles. The Morgan fingerprint density at radius 1 is 1.27 bits per heavy atom.